The Hall–Kier alpha value is -4.31. The SMILES string of the molecule is Cc1ccc(S(=O)(=O)OCCC[C@@H](C[C@H](NC(c2ccccc2)(c2ccccc2)c2ccccc2)C(=O)O)C(=O)O)cc1. The molecule has 0 unspecified atom stereocenters. The quantitative estimate of drug-likeness (QED) is 0.0911. The molecule has 0 amide bonds. The zero-order valence-corrected chi connectivity index (χ0v) is 24.6. The van der Waals surface area contributed by atoms with E-state index in [1.54, 1.807) is 12.1 Å². The van der Waals surface area contributed by atoms with Crippen molar-refractivity contribution < 1.29 is 32.4 Å². The summed E-state index contributed by atoms with van der Waals surface area (Å²) in [6, 6.07) is 33.3. The molecule has 4 aromatic rings. The smallest absolute Gasteiger partial charge is 0.320 e. The highest BCUT2D eigenvalue weighted by atomic mass is 32.2. The van der Waals surface area contributed by atoms with Crippen molar-refractivity contribution in [2.45, 2.75) is 42.7 Å². The highest BCUT2D eigenvalue weighted by Gasteiger charge is 2.41. The Balaban J connectivity index is 1.58. The van der Waals surface area contributed by atoms with Gasteiger partial charge < -0.3 is 10.2 Å². The molecule has 2 atom stereocenters. The normalized spacial score (nSPS) is 13.2. The lowest BCUT2D eigenvalue weighted by atomic mass is 9.76. The first kappa shape index (κ1) is 31.6. The summed E-state index contributed by atoms with van der Waals surface area (Å²) >= 11 is 0. The second-order valence-corrected chi connectivity index (χ2v) is 12.0. The maximum atomic E-state index is 12.7. The molecule has 0 heterocycles. The zero-order valence-electron chi connectivity index (χ0n) is 23.8. The lowest BCUT2D eigenvalue weighted by Crippen LogP contribution is -2.53. The average molecular weight is 602 g/mol. The molecular formula is C34H35NO7S. The number of carbonyl (C=O) groups is 2. The minimum atomic E-state index is -4.00. The Kier molecular flexibility index (Phi) is 10.5. The molecule has 0 saturated carbocycles. The van der Waals surface area contributed by atoms with E-state index in [1.165, 1.54) is 12.1 Å². The molecule has 0 bridgehead atoms. The molecule has 4 aromatic carbocycles. The predicted molar refractivity (Wildman–Crippen MR) is 163 cm³/mol. The second-order valence-electron chi connectivity index (χ2n) is 10.4. The third-order valence-corrected chi connectivity index (χ3v) is 8.75. The van der Waals surface area contributed by atoms with E-state index in [4.69, 9.17) is 4.18 Å². The summed E-state index contributed by atoms with van der Waals surface area (Å²) in [5, 5.41) is 23.8. The predicted octanol–water partition coefficient (Wildman–Crippen LogP) is 5.61. The average Bonchev–Trinajstić information content (AvgIpc) is 3.01. The van der Waals surface area contributed by atoms with Gasteiger partial charge in [-0.3, -0.25) is 19.1 Å². The highest BCUT2D eigenvalue weighted by Crippen LogP contribution is 2.38. The number of rotatable bonds is 15. The molecule has 0 aromatic heterocycles. The van der Waals surface area contributed by atoms with Crippen LogP contribution < -0.4 is 5.32 Å². The van der Waals surface area contributed by atoms with Crippen LogP contribution in [0.1, 0.15) is 41.5 Å². The number of carboxylic acids is 2. The number of hydrogen-bond acceptors (Lipinski definition) is 6. The van der Waals surface area contributed by atoms with Crippen LogP contribution >= 0.6 is 0 Å². The van der Waals surface area contributed by atoms with Crippen molar-refractivity contribution in [3.05, 3.63) is 138 Å². The summed E-state index contributed by atoms with van der Waals surface area (Å²) in [5.41, 5.74) is 2.17. The van der Waals surface area contributed by atoms with Gasteiger partial charge in [0, 0.05) is 0 Å². The maximum absolute atomic E-state index is 12.7. The standard InChI is InChI=1S/C34H35NO7S/c1-25-19-21-30(22-20-25)43(40,41)42-23-11-12-26(32(36)37)24-31(33(38)39)35-34(27-13-5-2-6-14-27,28-15-7-3-8-16-28)29-17-9-4-10-18-29/h2-10,13-22,26,31,35H,11-12,23-24H2,1H3,(H,36,37)(H,38,39)/t26-,31-/m0/s1. The van der Waals surface area contributed by atoms with Gasteiger partial charge >= 0.3 is 11.9 Å². The zero-order chi connectivity index (χ0) is 30.9. The van der Waals surface area contributed by atoms with Gasteiger partial charge in [0.25, 0.3) is 10.1 Å². The topological polar surface area (TPSA) is 130 Å². The molecule has 4 rings (SSSR count). The monoisotopic (exact) mass is 601 g/mol. The van der Waals surface area contributed by atoms with Gasteiger partial charge in [-0.15, -0.1) is 0 Å². The molecule has 0 spiro atoms. The number of aryl methyl sites for hydroxylation is 1. The molecule has 0 aliphatic rings. The second kappa shape index (κ2) is 14.2. The minimum Gasteiger partial charge on any atom is -0.481 e. The fourth-order valence-corrected chi connectivity index (χ4v) is 6.14. The molecular weight excluding hydrogens is 566 g/mol. The summed E-state index contributed by atoms with van der Waals surface area (Å²) in [5.74, 6) is -3.44. The molecule has 43 heavy (non-hydrogen) atoms. The molecule has 0 aliphatic heterocycles. The molecule has 3 N–H and O–H groups in total. The molecule has 8 nitrogen and oxygen atoms in total. The number of hydrogen-bond donors (Lipinski definition) is 3. The number of aliphatic carboxylic acids is 2. The van der Waals surface area contributed by atoms with Crippen LogP contribution in [0.4, 0.5) is 0 Å². The van der Waals surface area contributed by atoms with Gasteiger partial charge in [0.1, 0.15) is 6.04 Å². The van der Waals surface area contributed by atoms with E-state index in [0.29, 0.717) is 0 Å². The van der Waals surface area contributed by atoms with E-state index in [0.717, 1.165) is 22.3 Å². The van der Waals surface area contributed by atoms with E-state index in [1.807, 2.05) is 97.9 Å². The lowest BCUT2D eigenvalue weighted by molar-refractivity contribution is -0.144. The van der Waals surface area contributed by atoms with Crippen molar-refractivity contribution in [3.63, 3.8) is 0 Å². The van der Waals surface area contributed by atoms with Gasteiger partial charge in [-0.1, -0.05) is 109 Å². The minimum absolute atomic E-state index is 0.0158. The molecule has 224 valence electrons. The molecule has 0 fully saturated rings. The first-order valence-electron chi connectivity index (χ1n) is 14.0. The summed E-state index contributed by atoms with van der Waals surface area (Å²) in [6.45, 7) is 1.61. The van der Waals surface area contributed by atoms with Crippen LogP contribution in [0, 0.1) is 12.8 Å². The van der Waals surface area contributed by atoms with Crippen LogP contribution in [0.5, 0.6) is 0 Å². The fraction of sp³-hybridized carbons (Fsp3) is 0.235. The van der Waals surface area contributed by atoms with Crippen LogP contribution in [-0.4, -0.2) is 43.2 Å². The summed E-state index contributed by atoms with van der Waals surface area (Å²) in [6.07, 6.45) is -0.0988. The summed E-state index contributed by atoms with van der Waals surface area (Å²) < 4.78 is 30.2. The molecule has 9 heteroatoms. The van der Waals surface area contributed by atoms with Gasteiger partial charge in [0.15, 0.2) is 0 Å². The maximum Gasteiger partial charge on any atom is 0.320 e. The fourth-order valence-electron chi connectivity index (χ4n) is 5.20. The van der Waals surface area contributed by atoms with Crippen LogP contribution in [0.3, 0.4) is 0 Å². The largest absolute Gasteiger partial charge is 0.481 e. The third kappa shape index (κ3) is 7.75. The van der Waals surface area contributed by atoms with E-state index in [9.17, 15) is 28.2 Å². The Labute approximate surface area is 252 Å². The van der Waals surface area contributed by atoms with E-state index >= 15 is 0 Å². The van der Waals surface area contributed by atoms with Gasteiger partial charge in [-0.25, -0.2) is 0 Å². The number of benzene rings is 4. The van der Waals surface area contributed by atoms with Gasteiger partial charge in [0.2, 0.25) is 0 Å². The van der Waals surface area contributed by atoms with Crippen LogP contribution in [-0.2, 0) is 29.4 Å². The molecule has 0 radical (unpaired) electrons. The Morgan fingerprint density at radius 1 is 0.744 bits per heavy atom. The summed E-state index contributed by atoms with van der Waals surface area (Å²) in [4.78, 5) is 25.0. The van der Waals surface area contributed by atoms with Crippen molar-refractivity contribution in [3.8, 4) is 0 Å². The Bertz CT molecular complexity index is 1500. The van der Waals surface area contributed by atoms with E-state index in [2.05, 4.69) is 5.32 Å². The summed E-state index contributed by atoms with van der Waals surface area (Å²) in [7, 11) is -4.00. The molecule has 0 aliphatic carbocycles. The third-order valence-electron chi connectivity index (χ3n) is 7.42. The van der Waals surface area contributed by atoms with Crippen LogP contribution in [0.15, 0.2) is 120 Å². The van der Waals surface area contributed by atoms with Crippen LogP contribution in [0.25, 0.3) is 0 Å². The Morgan fingerprint density at radius 2 is 1.21 bits per heavy atom. The van der Waals surface area contributed by atoms with Crippen molar-refractivity contribution in [2.75, 3.05) is 6.61 Å². The van der Waals surface area contributed by atoms with Crippen molar-refractivity contribution in [1.29, 1.82) is 0 Å². The molecule has 0 saturated heterocycles. The van der Waals surface area contributed by atoms with E-state index in [-0.39, 0.29) is 30.8 Å². The number of carboxylic acid groups (broad SMARTS) is 2. The van der Waals surface area contributed by atoms with Gasteiger partial charge in [-0.05, 0) is 55.0 Å². The van der Waals surface area contributed by atoms with Crippen molar-refractivity contribution in [2.24, 2.45) is 5.92 Å². The van der Waals surface area contributed by atoms with Crippen molar-refractivity contribution >= 4 is 22.1 Å². The number of nitrogens with one attached hydrogen (secondary N) is 1. The lowest BCUT2D eigenvalue weighted by Gasteiger charge is -2.39. The first-order chi connectivity index (χ1) is 20.6. The van der Waals surface area contributed by atoms with Gasteiger partial charge in [-0.2, -0.15) is 8.42 Å². The van der Waals surface area contributed by atoms with Crippen LogP contribution in [0.2, 0.25) is 0 Å². The Morgan fingerprint density at radius 3 is 1.63 bits per heavy atom. The first-order valence-corrected chi connectivity index (χ1v) is 15.4. The van der Waals surface area contributed by atoms with Crippen molar-refractivity contribution in [1.82, 2.24) is 5.32 Å². The highest BCUT2D eigenvalue weighted by molar-refractivity contribution is 7.86. The van der Waals surface area contributed by atoms with E-state index < -0.39 is 39.6 Å². The van der Waals surface area contributed by atoms with Gasteiger partial charge in [0.05, 0.1) is 23.0 Å².